The van der Waals surface area contributed by atoms with Gasteiger partial charge in [0, 0.05) is 12.7 Å². The van der Waals surface area contributed by atoms with Gasteiger partial charge in [0.1, 0.15) is 5.41 Å². The van der Waals surface area contributed by atoms with Crippen molar-refractivity contribution in [2.45, 2.75) is 20.3 Å². The quantitative estimate of drug-likeness (QED) is 0.368. The average Bonchev–Trinajstić information content (AvgIpc) is 2.55. The maximum absolute atomic E-state index is 12.2. The van der Waals surface area contributed by atoms with Crippen LogP contribution in [0, 0.1) is 39.5 Å². The van der Waals surface area contributed by atoms with Crippen molar-refractivity contribution in [3.05, 3.63) is 11.9 Å². The normalized spacial score (nSPS) is 13.2. The van der Waals surface area contributed by atoms with E-state index in [1.807, 2.05) is 0 Å². The SMILES string of the molecule is CCOC(=O)C(C)(/C(=C/NCCC(=O)OC)N=N)C(C#N)C#N. The Morgan fingerprint density at radius 1 is 1.43 bits per heavy atom. The van der Waals surface area contributed by atoms with Crippen LogP contribution in [0.5, 0.6) is 0 Å². The number of rotatable bonds is 9. The zero-order chi connectivity index (χ0) is 17.9. The van der Waals surface area contributed by atoms with Crippen LogP contribution in [0.25, 0.3) is 0 Å². The van der Waals surface area contributed by atoms with Gasteiger partial charge < -0.3 is 14.8 Å². The van der Waals surface area contributed by atoms with Crippen LogP contribution in [0.2, 0.25) is 0 Å². The Balaban J connectivity index is 5.45. The fraction of sp³-hybridized carbons (Fsp3) is 0.571. The summed E-state index contributed by atoms with van der Waals surface area (Å²) < 4.78 is 9.38. The first-order valence-electron chi connectivity index (χ1n) is 6.77. The zero-order valence-corrected chi connectivity index (χ0v) is 13.3. The molecule has 0 amide bonds. The van der Waals surface area contributed by atoms with E-state index in [9.17, 15) is 9.59 Å². The molecule has 0 heterocycles. The predicted molar refractivity (Wildman–Crippen MR) is 77.3 cm³/mol. The van der Waals surface area contributed by atoms with Crippen molar-refractivity contribution >= 4 is 11.9 Å². The fourth-order valence-corrected chi connectivity index (χ4v) is 1.68. The summed E-state index contributed by atoms with van der Waals surface area (Å²) >= 11 is 0. The molecule has 9 heteroatoms. The lowest BCUT2D eigenvalue weighted by Crippen LogP contribution is -2.38. The van der Waals surface area contributed by atoms with E-state index >= 15 is 0 Å². The number of hydrogen-bond donors (Lipinski definition) is 2. The summed E-state index contributed by atoms with van der Waals surface area (Å²) in [6.45, 7) is 3.13. The number of esters is 2. The summed E-state index contributed by atoms with van der Waals surface area (Å²) in [4.78, 5) is 23.2. The first kappa shape index (κ1) is 20.1. The molecule has 0 saturated carbocycles. The molecule has 9 nitrogen and oxygen atoms in total. The van der Waals surface area contributed by atoms with Gasteiger partial charge >= 0.3 is 11.9 Å². The molecule has 0 aliphatic heterocycles. The van der Waals surface area contributed by atoms with Gasteiger partial charge in [-0.1, -0.05) is 0 Å². The Morgan fingerprint density at radius 2 is 2.04 bits per heavy atom. The molecular weight excluding hydrogens is 302 g/mol. The summed E-state index contributed by atoms with van der Waals surface area (Å²) in [5.41, 5.74) is 5.37. The van der Waals surface area contributed by atoms with E-state index in [1.165, 1.54) is 20.2 Å². The van der Waals surface area contributed by atoms with Gasteiger partial charge in [-0.2, -0.15) is 15.6 Å². The first-order chi connectivity index (χ1) is 10.9. The molecule has 0 aliphatic rings. The van der Waals surface area contributed by atoms with Crippen LogP contribution in [-0.2, 0) is 19.1 Å². The molecule has 0 aromatic rings. The van der Waals surface area contributed by atoms with Gasteiger partial charge in [0.25, 0.3) is 0 Å². The Kier molecular flexibility index (Phi) is 8.63. The average molecular weight is 321 g/mol. The summed E-state index contributed by atoms with van der Waals surface area (Å²) in [7, 11) is 1.25. The molecule has 0 saturated heterocycles. The molecule has 2 N–H and O–H groups in total. The molecule has 0 aromatic heterocycles. The van der Waals surface area contributed by atoms with Crippen molar-refractivity contribution < 1.29 is 19.1 Å². The minimum atomic E-state index is -1.72. The maximum atomic E-state index is 12.2. The summed E-state index contributed by atoms with van der Waals surface area (Å²) in [5, 5.41) is 24.2. The third-order valence-corrected chi connectivity index (χ3v) is 3.13. The molecule has 0 radical (unpaired) electrons. The third-order valence-electron chi connectivity index (χ3n) is 3.13. The Hall–Kier alpha value is -2.94. The largest absolute Gasteiger partial charge is 0.469 e. The monoisotopic (exact) mass is 321 g/mol. The number of methoxy groups -OCH3 is 1. The number of carbonyl (C=O) groups excluding carboxylic acids is 2. The molecule has 0 fully saturated rings. The van der Waals surface area contributed by atoms with Crippen LogP contribution in [0.4, 0.5) is 0 Å². The minimum absolute atomic E-state index is 0.0546. The number of nitriles is 2. The molecule has 1 unspecified atom stereocenters. The minimum Gasteiger partial charge on any atom is -0.469 e. The number of nitrogens with one attached hydrogen (secondary N) is 2. The van der Waals surface area contributed by atoms with E-state index in [1.54, 1.807) is 19.1 Å². The Bertz CT molecular complexity index is 546. The highest BCUT2D eigenvalue weighted by Crippen LogP contribution is 2.37. The van der Waals surface area contributed by atoms with Crippen molar-refractivity contribution in [2.24, 2.45) is 16.4 Å². The number of nitrogens with zero attached hydrogens (tertiary/aromatic N) is 3. The highest BCUT2D eigenvalue weighted by molar-refractivity contribution is 5.81. The van der Waals surface area contributed by atoms with E-state index in [4.69, 9.17) is 20.8 Å². The first-order valence-corrected chi connectivity index (χ1v) is 6.77. The summed E-state index contributed by atoms with van der Waals surface area (Å²) in [5.74, 6) is -2.65. The molecule has 1 atom stereocenters. The Morgan fingerprint density at radius 3 is 2.48 bits per heavy atom. The second-order valence-electron chi connectivity index (χ2n) is 4.54. The molecule has 0 bridgehead atoms. The fourth-order valence-electron chi connectivity index (χ4n) is 1.68. The van der Waals surface area contributed by atoms with Crippen LogP contribution in [0.1, 0.15) is 20.3 Å². The van der Waals surface area contributed by atoms with Crippen LogP contribution in [0.3, 0.4) is 0 Å². The van der Waals surface area contributed by atoms with Gasteiger partial charge in [-0.25, -0.2) is 5.53 Å². The standard InChI is InChI=1S/C14H19N5O4/c1-4-23-13(21)14(2,10(7-15)8-16)11(19-17)9-18-6-5-12(20)22-3/h9-10,17-18H,4-6H2,1-3H3/b11-9-,19-17?. The molecule has 0 aliphatic carbocycles. The lowest BCUT2D eigenvalue weighted by Gasteiger charge is -2.27. The predicted octanol–water partition coefficient (Wildman–Crippen LogP) is 1.24. The van der Waals surface area contributed by atoms with E-state index in [0.717, 1.165) is 0 Å². The zero-order valence-electron chi connectivity index (χ0n) is 13.3. The van der Waals surface area contributed by atoms with Crippen LogP contribution in [-0.4, -0.2) is 32.2 Å². The molecular formula is C14H19N5O4. The molecule has 0 aromatic carbocycles. The van der Waals surface area contributed by atoms with Crippen molar-refractivity contribution in [1.82, 2.24) is 5.32 Å². The van der Waals surface area contributed by atoms with E-state index in [2.05, 4.69) is 15.2 Å². The topological polar surface area (TPSA) is 148 Å². The molecule has 0 rings (SSSR count). The second-order valence-corrected chi connectivity index (χ2v) is 4.54. The van der Waals surface area contributed by atoms with Gasteiger partial charge in [-0.05, 0) is 13.8 Å². The third kappa shape index (κ3) is 5.08. The van der Waals surface area contributed by atoms with Crippen molar-refractivity contribution in [2.75, 3.05) is 20.3 Å². The van der Waals surface area contributed by atoms with E-state index in [0.29, 0.717) is 0 Å². The molecule has 0 spiro atoms. The van der Waals surface area contributed by atoms with Crippen LogP contribution < -0.4 is 5.32 Å². The van der Waals surface area contributed by atoms with Gasteiger partial charge in [-0.15, -0.1) is 0 Å². The van der Waals surface area contributed by atoms with Crippen molar-refractivity contribution in [3.8, 4) is 12.1 Å². The van der Waals surface area contributed by atoms with E-state index < -0.39 is 23.3 Å². The van der Waals surface area contributed by atoms with Gasteiger partial charge in [0.05, 0.1) is 38.0 Å². The summed E-state index contributed by atoms with van der Waals surface area (Å²) in [6.07, 6.45) is 1.28. The number of ether oxygens (including phenoxy) is 2. The van der Waals surface area contributed by atoms with Crippen molar-refractivity contribution in [3.63, 3.8) is 0 Å². The van der Waals surface area contributed by atoms with Crippen molar-refractivity contribution in [1.29, 1.82) is 16.1 Å². The lowest BCUT2D eigenvalue weighted by molar-refractivity contribution is -0.153. The number of hydrogen-bond acceptors (Lipinski definition) is 9. The smallest absolute Gasteiger partial charge is 0.320 e. The lowest BCUT2D eigenvalue weighted by atomic mass is 9.76. The second kappa shape index (κ2) is 9.90. The van der Waals surface area contributed by atoms with Gasteiger partial charge in [0.15, 0.2) is 5.92 Å². The van der Waals surface area contributed by atoms with Gasteiger partial charge in [-0.3, -0.25) is 9.59 Å². The van der Waals surface area contributed by atoms with E-state index in [-0.39, 0.29) is 25.3 Å². The highest BCUT2D eigenvalue weighted by Gasteiger charge is 2.47. The molecule has 124 valence electrons. The highest BCUT2D eigenvalue weighted by atomic mass is 16.5. The number of carbonyl (C=O) groups is 2. The van der Waals surface area contributed by atoms with Gasteiger partial charge in [0.2, 0.25) is 0 Å². The van der Waals surface area contributed by atoms with Crippen LogP contribution >= 0.6 is 0 Å². The Labute approximate surface area is 134 Å². The molecule has 23 heavy (non-hydrogen) atoms. The maximum Gasteiger partial charge on any atom is 0.320 e. The summed E-state index contributed by atoms with van der Waals surface area (Å²) in [6, 6.07) is 3.43. The van der Waals surface area contributed by atoms with Crippen LogP contribution in [0.15, 0.2) is 17.0 Å².